The van der Waals surface area contributed by atoms with Crippen molar-refractivity contribution in [2.24, 2.45) is 0 Å². The number of carbonyl (C=O) groups is 1. The zero-order valence-electron chi connectivity index (χ0n) is 11.5. The molecule has 1 amide bonds. The summed E-state index contributed by atoms with van der Waals surface area (Å²) in [6.07, 6.45) is 0.360. The van der Waals surface area contributed by atoms with Crippen molar-refractivity contribution in [1.29, 1.82) is 0 Å². The van der Waals surface area contributed by atoms with Gasteiger partial charge in [-0.05, 0) is 39.0 Å². The summed E-state index contributed by atoms with van der Waals surface area (Å²) in [6.45, 7) is 4.96. The van der Waals surface area contributed by atoms with E-state index in [-0.39, 0.29) is 10.5 Å². The summed E-state index contributed by atoms with van der Waals surface area (Å²) in [5.41, 5.74) is -0.547. The maximum Gasteiger partial charge on any atom is 0.251 e. The van der Waals surface area contributed by atoms with E-state index in [1.807, 2.05) is 0 Å². The van der Waals surface area contributed by atoms with E-state index in [1.165, 1.54) is 24.3 Å². The summed E-state index contributed by atoms with van der Waals surface area (Å²) >= 11 is 0. The molecule has 0 spiro atoms. The lowest BCUT2D eigenvalue weighted by Gasteiger charge is -2.29. The van der Waals surface area contributed by atoms with E-state index in [0.29, 0.717) is 0 Å². The van der Waals surface area contributed by atoms with Crippen LogP contribution in [0.3, 0.4) is 0 Å². The van der Waals surface area contributed by atoms with Crippen LogP contribution in [0.15, 0.2) is 29.2 Å². The van der Waals surface area contributed by atoms with Gasteiger partial charge in [0, 0.05) is 11.8 Å². The second-order valence-corrected chi connectivity index (χ2v) is 7.17. The predicted octanol–water partition coefficient (Wildman–Crippen LogP) is 0.979. The van der Waals surface area contributed by atoms with Crippen molar-refractivity contribution in [2.75, 3.05) is 6.26 Å². The molecule has 2 N–H and O–H groups in total. The standard InChI is InChI=1S/C13H19NO4S/c1-9(15)13(2,3)14-12(16)10-6-5-7-11(8-10)19(4,17)18/h5-9,15H,1-4H3,(H,14,16). The Hall–Kier alpha value is -1.40. The van der Waals surface area contributed by atoms with E-state index in [2.05, 4.69) is 5.32 Å². The molecule has 0 saturated carbocycles. The Morgan fingerprint density at radius 3 is 2.42 bits per heavy atom. The SMILES string of the molecule is CC(O)C(C)(C)NC(=O)c1cccc(S(C)(=O)=O)c1. The number of rotatable bonds is 4. The van der Waals surface area contributed by atoms with Crippen LogP contribution in [0.4, 0.5) is 0 Å². The second kappa shape index (κ2) is 5.30. The maximum atomic E-state index is 12.0. The van der Waals surface area contributed by atoms with Crippen LogP contribution in [-0.2, 0) is 9.84 Å². The molecule has 0 aliphatic carbocycles. The highest BCUT2D eigenvalue weighted by Crippen LogP contribution is 2.14. The fraction of sp³-hybridized carbons (Fsp3) is 0.462. The Labute approximate surface area is 113 Å². The van der Waals surface area contributed by atoms with E-state index in [9.17, 15) is 18.3 Å². The van der Waals surface area contributed by atoms with Gasteiger partial charge >= 0.3 is 0 Å². The van der Waals surface area contributed by atoms with Crippen molar-refractivity contribution in [1.82, 2.24) is 5.32 Å². The average Bonchev–Trinajstić information content (AvgIpc) is 2.27. The van der Waals surface area contributed by atoms with Crippen LogP contribution >= 0.6 is 0 Å². The van der Waals surface area contributed by atoms with Crippen molar-refractivity contribution in [3.05, 3.63) is 29.8 Å². The zero-order chi connectivity index (χ0) is 14.8. The summed E-state index contributed by atoms with van der Waals surface area (Å²) in [4.78, 5) is 12.1. The van der Waals surface area contributed by atoms with Crippen LogP contribution in [0, 0.1) is 0 Å². The first-order chi connectivity index (χ1) is 8.54. The van der Waals surface area contributed by atoms with E-state index in [4.69, 9.17) is 0 Å². The van der Waals surface area contributed by atoms with Gasteiger partial charge in [0.1, 0.15) is 0 Å². The van der Waals surface area contributed by atoms with Gasteiger partial charge in [-0.25, -0.2) is 8.42 Å². The molecular formula is C13H19NO4S. The van der Waals surface area contributed by atoms with Crippen LogP contribution in [-0.4, -0.2) is 37.3 Å². The number of carbonyl (C=O) groups excluding carboxylic acids is 1. The summed E-state index contributed by atoms with van der Waals surface area (Å²) in [5, 5.41) is 12.2. The second-order valence-electron chi connectivity index (χ2n) is 5.15. The van der Waals surface area contributed by atoms with E-state index in [0.717, 1.165) is 6.26 Å². The number of aliphatic hydroxyl groups excluding tert-OH is 1. The van der Waals surface area contributed by atoms with Crippen LogP contribution in [0.2, 0.25) is 0 Å². The molecule has 1 unspecified atom stereocenters. The molecule has 0 aliphatic rings. The molecule has 19 heavy (non-hydrogen) atoms. The summed E-state index contributed by atoms with van der Waals surface area (Å²) in [7, 11) is -3.35. The quantitative estimate of drug-likeness (QED) is 0.863. The lowest BCUT2D eigenvalue weighted by molar-refractivity contribution is 0.0709. The Kier molecular flexibility index (Phi) is 4.37. The number of hydrogen-bond acceptors (Lipinski definition) is 4. The minimum Gasteiger partial charge on any atom is -0.391 e. The van der Waals surface area contributed by atoms with E-state index in [1.54, 1.807) is 20.8 Å². The molecule has 0 bridgehead atoms. The van der Waals surface area contributed by atoms with Gasteiger partial charge in [0.2, 0.25) is 0 Å². The number of benzene rings is 1. The van der Waals surface area contributed by atoms with Crippen LogP contribution in [0.25, 0.3) is 0 Å². The molecule has 0 fully saturated rings. The van der Waals surface area contributed by atoms with Gasteiger partial charge in [0.25, 0.3) is 5.91 Å². The highest BCUT2D eigenvalue weighted by molar-refractivity contribution is 7.90. The number of amides is 1. The van der Waals surface area contributed by atoms with Gasteiger partial charge in [-0.3, -0.25) is 4.79 Å². The number of aliphatic hydroxyl groups is 1. The first-order valence-electron chi connectivity index (χ1n) is 5.85. The lowest BCUT2D eigenvalue weighted by Crippen LogP contribution is -2.51. The molecular weight excluding hydrogens is 266 g/mol. The Morgan fingerprint density at radius 2 is 1.95 bits per heavy atom. The summed E-state index contributed by atoms with van der Waals surface area (Å²) in [5.74, 6) is -0.420. The third-order valence-electron chi connectivity index (χ3n) is 3.00. The van der Waals surface area contributed by atoms with Crippen LogP contribution in [0.5, 0.6) is 0 Å². The summed E-state index contributed by atoms with van der Waals surface area (Å²) < 4.78 is 22.9. The van der Waals surface area contributed by atoms with Crippen LogP contribution in [0.1, 0.15) is 31.1 Å². The van der Waals surface area contributed by atoms with Crippen molar-refractivity contribution >= 4 is 15.7 Å². The molecule has 0 saturated heterocycles. The minimum absolute atomic E-state index is 0.0926. The first kappa shape index (κ1) is 15.7. The average molecular weight is 285 g/mol. The van der Waals surface area contributed by atoms with Gasteiger partial charge < -0.3 is 10.4 Å². The van der Waals surface area contributed by atoms with Gasteiger partial charge in [-0.15, -0.1) is 0 Å². The molecule has 1 atom stereocenters. The molecule has 5 nitrogen and oxygen atoms in total. The Bertz CT molecular complexity index is 576. The highest BCUT2D eigenvalue weighted by atomic mass is 32.2. The zero-order valence-corrected chi connectivity index (χ0v) is 12.3. The van der Waals surface area contributed by atoms with Crippen molar-refractivity contribution < 1.29 is 18.3 Å². The lowest BCUT2D eigenvalue weighted by atomic mass is 9.98. The van der Waals surface area contributed by atoms with Gasteiger partial charge in [-0.2, -0.15) is 0 Å². The third-order valence-corrected chi connectivity index (χ3v) is 4.11. The maximum absolute atomic E-state index is 12.0. The van der Waals surface area contributed by atoms with Gasteiger partial charge in [-0.1, -0.05) is 6.07 Å². The molecule has 0 radical (unpaired) electrons. The predicted molar refractivity (Wildman–Crippen MR) is 72.8 cm³/mol. The van der Waals surface area contributed by atoms with E-state index < -0.39 is 27.4 Å². The molecule has 1 aromatic rings. The number of nitrogens with one attached hydrogen (secondary N) is 1. The first-order valence-corrected chi connectivity index (χ1v) is 7.74. The smallest absolute Gasteiger partial charge is 0.251 e. The molecule has 6 heteroatoms. The minimum atomic E-state index is -3.35. The molecule has 1 rings (SSSR count). The van der Waals surface area contributed by atoms with Crippen LogP contribution < -0.4 is 5.32 Å². The third kappa shape index (κ3) is 4.04. The summed E-state index contributed by atoms with van der Waals surface area (Å²) in [6, 6.07) is 5.80. The Morgan fingerprint density at radius 1 is 1.37 bits per heavy atom. The molecule has 0 heterocycles. The fourth-order valence-corrected chi connectivity index (χ4v) is 2.00. The number of sulfone groups is 1. The van der Waals surface area contributed by atoms with Gasteiger partial charge in [0.15, 0.2) is 9.84 Å². The van der Waals surface area contributed by atoms with Crippen molar-refractivity contribution in [3.8, 4) is 0 Å². The highest BCUT2D eigenvalue weighted by Gasteiger charge is 2.26. The largest absolute Gasteiger partial charge is 0.391 e. The van der Waals surface area contributed by atoms with Gasteiger partial charge in [0.05, 0.1) is 16.5 Å². The molecule has 0 aromatic heterocycles. The fourth-order valence-electron chi connectivity index (χ4n) is 1.34. The van der Waals surface area contributed by atoms with Crippen molar-refractivity contribution in [3.63, 3.8) is 0 Å². The Balaban J connectivity index is 3.02. The normalized spacial score (nSPS) is 13.9. The van der Waals surface area contributed by atoms with E-state index >= 15 is 0 Å². The van der Waals surface area contributed by atoms with Crippen molar-refractivity contribution in [2.45, 2.75) is 37.3 Å². The number of hydrogen-bond donors (Lipinski definition) is 2. The molecule has 106 valence electrons. The topological polar surface area (TPSA) is 83.5 Å². The molecule has 1 aromatic carbocycles. The monoisotopic (exact) mass is 285 g/mol. The molecule has 0 aliphatic heterocycles.